The molecule has 1 radical (unpaired) electrons. The number of hydrogen-bond donors (Lipinski definition) is 1. The molecule has 1 unspecified atom stereocenters. The van der Waals surface area contributed by atoms with E-state index in [2.05, 4.69) is 0 Å². The average Bonchev–Trinajstić information content (AvgIpc) is 2.20. The summed E-state index contributed by atoms with van der Waals surface area (Å²) in [7, 11) is 0. The lowest BCUT2D eigenvalue weighted by molar-refractivity contribution is 0.190. The van der Waals surface area contributed by atoms with Crippen molar-refractivity contribution in [1.29, 1.82) is 0 Å². The van der Waals surface area contributed by atoms with Gasteiger partial charge >= 0.3 is 0 Å². The molecular formula is C12H17FN. The Kier molecular flexibility index (Phi) is 4.08. The number of hydrogen-bond acceptors (Lipinski definition) is 1. The van der Waals surface area contributed by atoms with Gasteiger partial charge in [0.15, 0.2) is 0 Å². The molecule has 1 atom stereocenters. The van der Waals surface area contributed by atoms with E-state index in [1.165, 1.54) is 0 Å². The molecular weight excluding hydrogens is 177 g/mol. The lowest BCUT2D eigenvalue weighted by Gasteiger charge is -2.24. The van der Waals surface area contributed by atoms with Crippen LogP contribution in [0.15, 0.2) is 30.3 Å². The highest BCUT2D eigenvalue weighted by Gasteiger charge is 2.29. The maximum absolute atomic E-state index is 14.4. The van der Waals surface area contributed by atoms with Gasteiger partial charge in [-0.1, -0.05) is 43.7 Å². The molecule has 0 aromatic heterocycles. The molecule has 0 aliphatic rings. The molecule has 0 spiro atoms. The van der Waals surface area contributed by atoms with E-state index in [-0.39, 0.29) is 6.54 Å². The quantitative estimate of drug-likeness (QED) is 0.766. The molecule has 0 bridgehead atoms. The van der Waals surface area contributed by atoms with Crippen molar-refractivity contribution in [2.45, 2.75) is 25.4 Å². The normalized spacial score (nSPS) is 15.1. The van der Waals surface area contributed by atoms with E-state index in [0.717, 1.165) is 6.42 Å². The molecule has 1 nitrogen and oxygen atoms in total. The predicted octanol–water partition coefficient (Wildman–Crippen LogP) is 2.81. The highest BCUT2D eigenvalue weighted by Crippen LogP contribution is 2.33. The zero-order chi connectivity index (χ0) is 10.4. The van der Waals surface area contributed by atoms with Crippen molar-refractivity contribution in [3.63, 3.8) is 0 Å². The zero-order valence-electron chi connectivity index (χ0n) is 8.54. The molecule has 1 rings (SSSR count). The first-order valence-corrected chi connectivity index (χ1v) is 5.02. The van der Waals surface area contributed by atoms with Gasteiger partial charge in [0.05, 0.1) is 0 Å². The van der Waals surface area contributed by atoms with E-state index in [0.29, 0.717) is 12.0 Å². The van der Waals surface area contributed by atoms with Crippen LogP contribution in [0.4, 0.5) is 4.39 Å². The minimum atomic E-state index is -1.36. The summed E-state index contributed by atoms with van der Waals surface area (Å²) in [5.74, 6) is 0. The first kappa shape index (κ1) is 11.2. The Bertz CT molecular complexity index is 252. The summed E-state index contributed by atoms with van der Waals surface area (Å²) in [5, 5.41) is 0. The molecule has 1 aromatic rings. The summed E-state index contributed by atoms with van der Waals surface area (Å²) < 4.78 is 14.4. The van der Waals surface area contributed by atoms with Gasteiger partial charge in [-0.25, -0.2) is 4.39 Å². The lowest BCUT2D eigenvalue weighted by Crippen LogP contribution is -2.24. The number of benzene rings is 1. The Morgan fingerprint density at radius 3 is 2.50 bits per heavy atom. The largest absolute Gasteiger partial charge is 0.330 e. The summed E-state index contributed by atoms with van der Waals surface area (Å²) in [6.07, 6.45) is 2.85. The van der Waals surface area contributed by atoms with Crippen LogP contribution in [0.2, 0.25) is 0 Å². The van der Waals surface area contributed by atoms with E-state index >= 15 is 0 Å². The van der Waals surface area contributed by atoms with Crippen molar-refractivity contribution >= 4 is 0 Å². The van der Waals surface area contributed by atoms with E-state index in [4.69, 9.17) is 5.73 Å². The SMILES string of the molecule is CCCC(F)([CH]CN)c1ccccc1. The third-order valence-electron chi connectivity index (χ3n) is 2.31. The monoisotopic (exact) mass is 194 g/mol. The highest BCUT2D eigenvalue weighted by atomic mass is 19.1. The second-order valence-electron chi connectivity index (χ2n) is 3.42. The van der Waals surface area contributed by atoms with Gasteiger partial charge in [-0.3, -0.25) is 0 Å². The van der Waals surface area contributed by atoms with Crippen molar-refractivity contribution in [2.24, 2.45) is 5.73 Å². The van der Waals surface area contributed by atoms with Gasteiger partial charge in [-0.15, -0.1) is 0 Å². The predicted molar refractivity (Wildman–Crippen MR) is 57.5 cm³/mol. The zero-order valence-corrected chi connectivity index (χ0v) is 8.54. The van der Waals surface area contributed by atoms with Crippen LogP contribution in [0, 0.1) is 6.42 Å². The fraction of sp³-hybridized carbons (Fsp3) is 0.417. The maximum atomic E-state index is 14.4. The van der Waals surface area contributed by atoms with E-state index in [9.17, 15) is 4.39 Å². The van der Waals surface area contributed by atoms with Crippen molar-refractivity contribution in [3.8, 4) is 0 Å². The van der Waals surface area contributed by atoms with Gasteiger partial charge < -0.3 is 5.73 Å². The molecule has 0 heterocycles. The fourth-order valence-electron chi connectivity index (χ4n) is 1.63. The molecule has 0 fully saturated rings. The molecule has 2 heteroatoms. The Balaban J connectivity index is 2.87. The highest BCUT2D eigenvalue weighted by molar-refractivity contribution is 5.25. The van der Waals surface area contributed by atoms with E-state index in [1.807, 2.05) is 37.3 Å². The number of rotatable bonds is 5. The second kappa shape index (κ2) is 5.11. The fourth-order valence-corrected chi connectivity index (χ4v) is 1.63. The topological polar surface area (TPSA) is 26.0 Å². The van der Waals surface area contributed by atoms with Gasteiger partial charge in [0.1, 0.15) is 5.67 Å². The molecule has 77 valence electrons. The Labute approximate surface area is 85.1 Å². The van der Waals surface area contributed by atoms with Crippen LogP contribution in [-0.2, 0) is 5.67 Å². The van der Waals surface area contributed by atoms with Crippen molar-refractivity contribution in [3.05, 3.63) is 42.3 Å². The maximum Gasteiger partial charge on any atom is 0.140 e. The van der Waals surface area contributed by atoms with Crippen molar-refractivity contribution in [1.82, 2.24) is 0 Å². The Morgan fingerprint density at radius 2 is 2.00 bits per heavy atom. The van der Waals surface area contributed by atoms with Gasteiger partial charge in [-0.05, 0) is 18.5 Å². The third-order valence-corrected chi connectivity index (χ3v) is 2.31. The van der Waals surface area contributed by atoms with E-state index < -0.39 is 5.67 Å². The minimum absolute atomic E-state index is 0.269. The Morgan fingerprint density at radius 1 is 1.36 bits per heavy atom. The van der Waals surface area contributed by atoms with Crippen LogP contribution in [-0.4, -0.2) is 6.54 Å². The standard InChI is InChI=1S/C12H17FN/c1-2-8-12(13,9-10-14)11-6-4-3-5-7-11/h3-7,9H,2,8,10,14H2,1H3. The van der Waals surface area contributed by atoms with E-state index in [1.54, 1.807) is 6.42 Å². The Hall–Kier alpha value is -0.890. The smallest absolute Gasteiger partial charge is 0.140 e. The van der Waals surface area contributed by atoms with Crippen LogP contribution >= 0.6 is 0 Å². The molecule has 0 saturated carbocycles. The third kappa shape index (κ3) is 2.55. The number of halogens is 1. The van der Waals surface area contributed by atoms with Crippen LogP contribution in [0.3, 0.4) is 0 Å². The lowest BCUT2D eigenvalue weighted by atomic mass is 9.88. The molecule has 0 aliphatic heterocycles. The first-order chi connectivity index (χ1) is 6.73. The molecule has 0 amide bonds. The van der Waals surface area contributed by atoms with Gasteiger partial charge in [0.25, 0.3) is 0 Å². The van der Waals surface area contributed by atoms with Crippen LogP contribution in [0.5, 0.6) is 0 Å². The summed E-state index contributed by atoms with van der Waals surface area (Å²) >= 11 is 0. The molecule has 2 N–H and O–H groups in total. The van der Waals surface area contributed by atoms with Crippen LogP contribution in [0.1, 0.15) is 25.3 Å². The molecule has 14 heavy (non-hydrogen) atoms. The van der Waals surface area contributed by atoms with Crippen molar-refractivity contribution in [2.75, 3.05) is 6.54 Å². The number of nitrogens with two attached hydrogens (primary N) is 1. The van der Waals surface area contributed by atoms with Crippen molar-refractivity contribution < 1.29 is 4.39 Å². The van der Waals surface area contributed by atoms with Gasteiger partial charge in [0, 0.05) is 6.42 Å². The van der Waals surface area contributed by atoms with Gasteiger partial charge in [-0.2, -0.15) is 0 Å². The van der Waals surface area contributed by atoms with Crippen LogP contribution < -0.4 is 5.73 Å². The molecule has 0 aliphatic carbocycles. The summed E-state index contributed by atoms with van der Waals surface area (Å²) in [6.45, 7) is 2.24. The summed E-state index contributed by atoms with van der Waals surface area (Å²) in [4.78, 5) is 0. The first-order valence-electron chi connectivity index (χ1n) is 5.02. The summed E-state index contributed by atoms with van der Waals surface area (Å²) in [5.41, 5.74) is 4.73. The van der Waals surface area contributed by atoms with Gasteiger partial charge in [0.2, 0.25) is 0 Å². The molecule has 0 saturated heterocycles. The molecule has 1 aromatic carbocycles. The summed E-state index contributed by atoms with van der Waals surface area (Å²) in [6, 6.07) is 9.20. The second-order valence-corrected chi connectivity index (χ2v) is 3.42. The van der Waals surface area contributed by atoms with Crippen LogP contribution in [0.25, 0.3) is 0 Å². The minimum Gasteiger partial charge on any atom is -0.330 e. The number of alkyl halides is 1. The average molecular weight is 194 g/mol.